The number of carbonyl (C=O) groups excluding carboxylic acids is 5. The second-order valence-electron chi connectivity index (χ2n) is 13.6. The second kappa shape index (κ2) is 19.3. The number of carbonyl (C=O) groups is 5. The van der Waals surface area contributed by atoms with Crippen molar-refractivity contribution in [3.63, 3.8) is 0 Å². The van der Waals surface area contributed by atoms with Gasteiger partial charge in [0, 0.05) is 40.2 Å². The van der Waals surface area contributed by atoms with Gasteiger partial charge in [0.2, 0.25) is 0 Å². The first-order valence-corrected chi connectivity index (χ1v) is 18.9. The lowest BCUT2D eigenvalue weighted by Crippen LogP contribution is -2.13. The fraction of sp³-hybridized carbons (Fsp3) is 0.146. The third-order valence-corrected chi connectivity index (χ3v) is 9.74. The molecular formula is C48H42N2O12. The number of amides is 2. The summed E-state index contributed by atoms with van der Waals surface area (Å²) < 4.78 is 37.4. The van der Waals surface area contributed by atoms with Crippen LogP contribution < -0.4 is 43.8 Å². The van der Waals surface area contributed by atoms with Gasteiger partial charge in [-0.25, -0.2) is 9.59 Å². The fourth-order valence-electron chi connectivity index (χ4n) is 6.52. The SMILES string of the molecule is COc1cc(C=O)c(C(=O)Oc2ccc(C(=O)Nc3ccc(-c4ccc(NC(=O)c5ccc(OC(=O)c6cc(OC)c(OC)cc6OC)cc5)cc4C)c(C)c3)cc2)cc1OC. The molecule has 0 heterocycles. The molecule has 6 aromatic rings. The van der Waals surface area contributed by atoms with Crippen LogP contribution in [0.15, 0.2) is 109 Å². The fourth-order valence-corrected chi connectivity index (χ4v) is 6.52. The Labute approximate surface area is 357 Å². The topological polar surface area (TPSA) is 174 Å². The van der Waals surface area contributed by atoms with Gasteiger partial charge in [-0.15, -0.1) is 0 Å². The number of methoxy groups -OCH3 is 5. The Morgan fingerprint density at radius 2 is 0.839 bits per heavy atom. The number of benzene rings is 6. The summed E-state index contributed by atoms with van der Waals surface area (Å²) in [5.74, 6) is -0.270. The van der Waals surface area contributed by atoms with Crippen molar-refractivity contribution in [2.45, 2.75) is 13.8 Å². The van der Waals surface area contributed by atoms with E-state index in [1.807, 2.05) is 38.1 Å². The highest BCUT2D eigenvalue weighted by atomic mass is 16.5. The summed E-state index contributed by atoms with van der Waals surface area (Å²) in [6.45, 7) is 3.87. The van der Waals surface area contributed by atoms with Gasteiger partial charge >= 0.3 is 11.9 Å². The molecule has 14 nitrogen and oxygen atoms in total. The van der Waals surface area contributed by atoms with E-state index in [1.54, 1.807) is 24.3 Å². The van der Waals surface area contributed by atoms with Crippen molar-refractivity contribution in [2.75, 3.05) is 46.2 Å². The minimum atomic E-state index is -0.782. The van der Waals surface area contributed by atoms with E-state index in [2.05, 4.69) is 10.6 Å². The zero-order chi connectivity index (χ0) is 44.5. The maximum Gasteiger partial charge on any atom is 0.347 e. The summed E-state index contributed by atoms with van der Waals surface area (Å²) >= 11 is 0. The number of nitrogens with one attached hydrogen (secondary N) is 2. The number of hydrogen-bond donors (Lipinski definition) is 2. The average Bonchev–Trinajstić information content (AvgIpc) is 3.28. The van der Waals surface area contributed by atoms with Crippen LogP contribution in [0.5, 0.6) is 40.2 Å². The van der Waals surface area contributed by atoms with Gasteiger partial charge in [-0.3, -0.25) is 14.4 Å². The van der Waals surface area contributed by atoms with E-state index in [1.165, 1.54) is 96.2 Å². The molecule has 6 rings (SSSR count). The van der Waals surface area contributed by atoms with Crippen LogP contribution in [0.1, 0.15) is 62.9 Å². The normalized spacial score (nSPS) is 10.5. The van der Waals surface area contributed by atoms with Gasteiger partial charge < -0.3 is 43.8 Å². The van der Waals surface area contributed by atoms with Crippen LogP contribution >= 0.6 is 0 Å². The Morgan fingerprint density at radius 3 is 1.24 bits per heavy atom. The van der Waals surface area contributed by atoms with E-state index < -0.39 is 11.9 Å². The maximum absolute atomic E-state index is 13.2. The Hall–Kier alpha value is -8.13. The van der Waals surface area contributed by atoms with E-state index >= 15 is 0 Å². The van der Waals surface area contributed by atoms with Crippen LogP contribution in [0.3, 0.4) is 0 Å². The van der Waals surface area contributed by atoms with Gasteiger partial charge in [0.05, 0.1) is 41.1 Å². The van der Waals surface area contributed by atoms with Crippen molar-refractivity contribution in [2.24, 2.45) is 0 Å². The molecular weight excluding hydrogens is 797 g/mol. The molecule has 14 heteroatoms. The standard InChI is InChI=1S/C48H42N2O12/c1-27-20-32(49-45(52)29-8-14-34(15-9-29)61-47(54)38-23-42(58-5)41(57-4)22-31(38)26-51)12-18-36(27)37-19-13-33(21-28(37)2)50-46(53)30-10-16-35(17-11-30)62-48(55)39-24-43(59-6)44(60-7)25-40(39)56-3/h8-26H,1-7H3,(H,49,52)(H,50,53). The highest BCUT2D eigenvalue weighted by Gasteiger charge is 2.21. The van der Waals surface area contributed by atoms with Crippen LogP contribution in [0, 0.1) is 13.8 Å². The number of esters is 2. The summed E-state index contributed by atoms with van der Waals surface area (Å²) in [7, 11) is 7.19. The molecule has 0 aliphatic heterocycles. The summed E-state index contributed by atoms with van der Waals surface area (Å²) in [5, 5.41) is 5.81. The van der Waals surface area contributed by atoms with Crippen molar-refractivity contribution in [1.29, 1.82) is 0 Å². The van der Waals surface area contributed by atoms with E-state index in [4.69, 9.17) is 33.2 Å². The predicted molar refractivity (Wildman–Crippen MR) is 231 cm³/mol. The van der Waals surface area contributed by atoms with Crippen LogP contribution in [0.2, 0.25) is 0 Å². The monoisotopic (exact) mass is 838 g/mol. The largest absolute Gasteiger partial charge is 0.496 e. The highest BCUT2D eigenvalue weighted by Crippen LogP contribution is 2.36. The Morgan fingerprint density at radius 1 is 0.452 bits per heavy atom. The highest BCUT2D eigenvalue weighted by molar-refractivity contribution is 6.06. The van der Waals surface area contributed by atoms with Crippen LogP contribution in [0.25, 0.3) is 11.1 Å². The van der Waals surface area contributed by atoms with Gasteiger partial charge in [-0.2, -0.15) is 0 Å². The molecule has 0 saturated carbocycles. The first-order chi connectivity index (χ1) is 29.9. The molecule has 0 aromatic heterocycles. The Balaban J connectivity index is 1.05. The smallest absolute Gasteiger partial charge is 0.347 e. The van der Waals surface area contributed by atoms with Crippen molar-refractivity contribution in [3.8, 4) is 51.4 Å². The van der Waals surface area contributed by atoms with Crippen LogP contribution in [0.4, 0.5) is 11.4 Å². The second-order valence-corrected chi connectivity index (χ2v) is 13.6. The summed E-state index contributed by atoms with van der Waals surface area (Å²) in [4.78, 5) is 63.9. The van der Waals surface area contributed by atoms with Gasteiger partial charge in [0.1, 0.15) is 22.8 Å². The molecule has 0 aliphatic rings. The number of aryl methyl sites for hydroxylation is 2. The third-order valence-electron chi connectivity index (χ3n) is 9.74. The van der Waals surface area contributed by atoms with E-state index in [0.717, 1.165) is 22.3 Å². The lowest BCUT2D eigenvalue weighted by atomic mass is 9.95. The summed E-state index contributed by atoms with van der Waals surface area (Å²) in [6.07, 6.45) is 0.523. The van der Waals surface area contributed by atoms with Gasteiger partial charge in [0.25, 0.3) is 11.8 Å². The maximum atomic E-state index is 13.2. The molecule has 62 heavy (non-hydrogen) atoms. The number of hydrogen-bond acceptors (Lipinski definition) is 12. The first-order valence-electron chi connectivity index (χ1n) is 18.9. The molecule has 6 aromatic carbocycles. The zero-order valence-corrected chi connectivity index (χ0v) is 34.9. The van der Waals surface area contributed by atoms with Crippen molar-refractivity contribution in [1.82, 2.24) is 0 Å². The first kappa shape index (κ1) is 43.4. The molecule has 0 bridgehead atoms. The molecule has 2 N–H and O–H groups in total. The van der Waals surface area contributed by atoms with Crippen molar-refractivity contribution in [3.05, 3.63) is 148 Å². The van der Waals surface area contributed by atoms with E-state index in [0.29, 0.717) is 46.0 Å². The van der Waals surface area contributed by atoms with Crippen LogP contribution in [-0.4, -0.2) is 65.6 Å². The Kier molecular flexibility index (Phi) is 13.5. The van der Waals surface area contributed by atoms with Gasteiger partial charge in [0.15, 0.2) is 29.3 Å². The molecule has 316 valence electrons. The number of rotatable bonds is 15. The van der Waals surface area contributed by atoms with E-state index in [-0.39, 0.29) is 51.5 Å². The van der Waals surface area contributed by atoms with Gasteiger partial charge in [-0.05, 0) is 121 Å². The lowest BCUT2D eigenvalue weighted by molar-refractivity contribution is 0.0722. The molecule has 0 saturated heterocycles. The molecule has 0 spiro atoms. The van der Waals surface area contributed by atoms with Crippen LogP contribution in [-0.2, 0) is 0 Å². The minimum Gasteiger partial charge on any atom is -0.496 e. The Bertz CT molecular complexity index is 2670. The van der Waals surface area contributed by atoms with Crippen molar-refractivity contribution < 1.29 is 57.1 Å². The molecule has 2 amide bonds. The quantitative estimate of drug-likeness (QED) is 0.0573. The lowest BCUT2D eigenvalue weighted by Gasteiger charge is -2.14. The average molecular weight is 839 g/mol. The third kappa shape index (κ3) is 9.66. The molecule has 0 radical (unpaired) electrons. The number of aldehydes is 1. The predicted octanol–water partition coefficient (Wildman–Crippen LogP) is 8.77. The molecule has 0 atom stereocenters. The van der Waals surface area contributed by atoms with E-state index in [9.17, 15) is 24.0 Å². The van der Waals surface area contributed by atoms with Crippen molar-refractivity contribution >= 4 is 41.4 Å². The molecule has 0 aliphatic carbocycles. The number of anilines is 2. The summed E-state index contributed by atoms with van der Waals surface area (Å²) in [6, 6.07) is 29.0. The number of ether oxygens (including phenoxy) is 7. The minimum absolute atomic E-state index is 0.00580. The summed E-state index contributed by atoms with van der Waals surface area (Å²) in [5.41, 5.74) is 5.72. The van der Waals surface area contributed by atoms with Gasteiger partial charge in [-0.1, -0.05) is 12.1 Å². The zero-order valence-electron chi connectivity index (χ0n) is 34.9. The molecule has 0 unspecified atom stereocenters. The molecule has 0 fully saturated rings.